The highest BCUT2D eigenvalue weighted by molar-refractivity contribution is 5.71. The summed E-state index contributed by atoms with van der Waals surface area (Å²) in [5.74, 6) is -11.0. The fourth-order valence-corrected chi connectivity index (χ4v) is 10.6. The van der Waals surface area contributed by atoms with Gasteiger partial charge in [0, 0.05) is 108 Å². The largest absolute Gasteiger partial charge is 0.465 e. The van der Waals surface area contributed by atoms with Crippen molar-refractivity contribution < 1.29 is 166 Å². The molecule has 38 heteroatoms. The molecule has 99 heavy (non-hydrogen) atoms. The second-order valence-electron chi connectivity index (χ2n) is 22.8. The van der Waals surface area contributed by atoms with Crippen LogP contribution in [-0.2, 0) is 172 Å². The summed E-state index contributed by atoms with van der Waals surface area (Å²) in [6.07, 6.45) is -22.2. The lowest BCUT2D eigenvalue weighted by molar-refractivity contribution is -0.255. The van der Waals surface area contributed by atoms with Gasteiger partial charge in [0.2, 0.25) is 0 Å². The fourth-order valence-electron chi connectivity index (χ4n) is 10.6. The monoisotopic (exact) mass is 1410 g/mol. The molecule has 3 aromatic heterocycles. The molecule has 38 nitrogen and oxygen atoms in total. The normalized spacial score (nSPS) is 25.0. The molecule has 0 amide bonds. The van der Waals surface area contributed by atoms with Gasteiger partial charge in [0.1, 0.15) is 100.0 Å². The summed E-state index contributed by atoms with van der Waals surface area (Å²) in [7, 11) is 0. The Labute approximate surface area is 563 Å². The molecule has 3 aliphatic heterocycles. The molecule has 0 spiro atoms. The average molecular weight is 1410 g/mol. The fraction of sp³-hybridized carbons (Fsp3) is 0.639. The summed E-state index contributed by atoms with van der Waals surface area (Å²) in [5.41, 5.74) is -1.84. The van der Waals surface area contributed by atoms with Crippen molar-refractivity contribution in [1.82, 2.24) is 15.5 Å². The number of carbonyl (C=O) groups excluding carboxylic acids is 13. The number of hydrogen-bond donors (Lipinski definition) is 0. The van der Waals surface area contributed by atoms with Gasteiger partial charge in [0.05, 0.1) is 25.2 Å². The molecule has 3 fully saturated rings. The van der Waals surface area contributed by atoms with E-state index in [1.807, 2.05) is 0 Å². The van der Waals surface area contributed by atoms with E-state index >= 15 is 0 Å². The molecule has 15 atom stereocenters. The van der Waals surface area contributed by atoms with E-state index in [2.05, 4.69) is 15.5 Å². The molecule has 3 aromatic rings. The molecule has 3 aliphatic rings. The Kier molecular flexibility index (Phi) is 28.8. The molecule has 0 bridgehead atoms. The van der Waals surface area contributed by atoms with Crippen LogP contribution in [0.3, 0.4) is 0 Å². The first-order chi connectivity index (χ1) is 46.7. The third-order valence-corrected chi connectivity index (χ3v) is 14.1. The highest BCUT2D eigenvalue weighted by Crippen LogP contribution is 2.41. The number of carbonyl (C=O) groups is 13. The van der Waals surface area contributed by atoms with Gasteiger partial charge in [-0.3, -0.25) is 62.3 Å². The maximum atomic E-state index is 12.7. The second-order valence-corrected chi connectivity index (χ2v) is 22.8. The summed E-state index contributed by atoms with van der Waals surface area (Å²) in [4.78, 5) is 161. The van der Waals surface area contributed by atoms with Crippen LogP contribution in [0.25, 0.3) is 0 Å². The van der Waals surface area contributed by atoms with Gasteiger partial charge in [-0.2, -0.15) is 0 Å². The van der Waals surface area contributed by atoms with Crippen LogP contribution < -0.4 is 0 Å². The Morgan fingerprint density at radius 3 is 0.747 bits per heavy atom. The third-order valence-electron chi connectivity index (χ3n) is 14.1. The predicted molar refractivity (Wildman–Crippen MR) is 310 cm³/mol. The van der Waals surface area contributed by atoms with Crippen LogP contribution in [0.5, 0.6) is 0 Å². The smallest absolute Gasteiger partial charge is 0.303 e. The minimum absolute atomic E-state index is 0.0335. The molecule has 0 saturated carbocycles. The van der Waals surface area contributed by atoms with E-state index in [-0.39, 0.29) is 34.4 Å². The summed E-state index contributed by atoms with van der Waals surface area (Å²) in [6, 6.07) is 3.96. The van der Waals surface area contributed by atoms with Crippen LogP contribution in [-0.4, -0.2) is 213 Å². The van der Waals surface area contributed by atoms with E-state index in [1.165, 1.54) is 18.2 Å². The quantitative estimate of drug-likeness (QED) is 0.0632. The maximum Gasteiger partial charge on any atom is 0.303 e. The zero-order valence-corrected chi connectivity index (χ0v) is 56.1. The lowest BCUT2D eigenvalue weighted by Gasteiger charge is -2.43. The van der Waals surface area contributed by atoms with Crippen molar-refractivity contribution >= 4 is 77.6 Å². The van der Waals surface area contributed by atoms with E-state index in [4.69, 9.17) is 104 Å². The van der Waals surface area contributed by atoms with Gasteiger partial charge in [-0.1, -0.05) is 15.5 Å². The van der Waals surface area contributed by atoms with Crippen LogP contribution in [0.1, 0.15) is 143 Å². The maximum absolute atomic E-state index is 12.7. The molecule has 6 rings (SSSR count). The van der Waals surface area contributed by atoms with Crippen molar-refractivity contribution in [3.05, 3.63) is 52.6 Å². The lowest BCUT2D eigenvalue weighted by atomic mass is 9.92. The Bertz CT molecular complexity index is 3030. The Morgan fingerprint density at radius 1 is 0.303 bits per heavy atom. The van der Waals surface area contributed by atoms with Crippen molar-refractivity contribution in [3.8, 4) is 0 Å². The molecule has 0 N–H and O–H groups in total. The molecular weight excluding hydrogens is 1330 g/mol. The first kappa shape index (κ1) is 78.5. The van der Waals surface area contributed by atoms with Gasteiger partial charge < -0.3 is 104 Å². The lowest BCUT2D eigenvalue weighted by Crippen LogP contribution is -2.59. The van der Waals surface area contributed by atoms with E-state index in [9.17, 15) is 62.3 Å². The third kappa shape index (κ3) is 23.6. The summed E-state index contributed by atoms with van der Waals surface area (Å²) < 4.78 is 125. The number of esters is 13. The van der Waals surface area contributed by atoms with Crippen LogP contribution in [0, 0.1) is 5.41 Å². The molecular formula is C61H77N3O35. The zero-order valence-electron chi connectivity index (χ0n) is 56.1. The van der Waals surface area contributed by atoms with Crippen LogP contribution >= 0.6 is 0 Å². The highest BCUT2D eigenvalue weighted by Gasteiger charge is 2.57. The van der Waals surface area contributed by atoms with Crippen molar-refractivity contribution in [3.63, 3.8) is 0 Å². The zero-order chi connectivity index (χ0) is 73.0. The van der Waals surface area contributed by atoms with Crippen LogP contribution in [0.4, 0.5) is 0 Å². The molecule has 6 heterocycles. The minimum Gasteiger partial charge on any atom is -0.465 e. The van der Waals surface area contributed by atoms with Gasteiger partial charge in [-0.15, -0.1) is 0 Å². The molecule has 0 aromatic carbocycles. The number of rotatable bonds is 32. The first-order valence-electron chi connectivity index (χ1n) is 30.4. The average Bonchev–Trinajstić information content (AvgIpc) is 1.73. The number of ether oxygens (including phenoxy) is 19. The summed E-state index contributed by atoms with van der Waals surface area (Å²) in [6.45, 7) is 9.03. The Hall–Kier alpha value is -9.50. The van der Waals surface area contributed by atoms with Crippen molar-refractivity contribution in [1.29, 1.82) is 0 Å². The summed E-state index contributed by atoms with van der Waals surface area (Å²) >= 11 is 0. The molecule has 0 radical (unpaired) electrons. The number of aromatic nitrogens is 3. The van der Waals surface area contributed by atoms with Gasteiger partial charge in [0.15, 0.2) is 72.2 Å². The Balaban J connectivity index is 1.34. The predicted octanol–water partition coefficient (Wildman–Crippen LogP) is 1.54. The highest BCUT2D eigenvalue weighted by atomic mass is 16.7. The number of hydrogen-bond acceptors (Lipinski definition) is 38. The summed E-state index contributed by atoms with van der Waals surface area (Å²) in [5, 5.41) is 12.3. The van der Waals surface area contributed by atoms with Crippen LogP contribution in [0.15, 0.2) is 31.8 Å². The SMILES string of the molecule is CC(=O)OC[C@H]1O[C@@H](c2cc(COCC(COCc3cc([C@@H]4O[C@H](COC(C)=O)[C@@H](OC(C)=O)[C@H](OC(C)=O)[C@@H]4OC(C)=O)no3)(COCc3cc([C@@H]4O[C@H](COC(C)=O)[C@@H](OC(C)=O)[C@H](OC(C)=O)[C@@H]4OC(C)=O)no3)COC(C)=O)on2)[C@@H](OC(C)=O)[C@@H](OC(C)=O)[C@@H]1OC(C)=O. The van der Waals surface area contributed by atoms with Gasteiger partial charge in [0.25, 0.3) is 0 Å². The number of nitrogens with zero attached hydrogens (tertiary/aromatic N) is 3. The molecule has 546 valence electrons. The van der Waals surface area contributed by atoms with Gasteiger partial charge in [-0.25, -0.2) is 0 Å². The van der Waals surface area contributed by atoms with Crippen molar-refractivity contribution in [2.75, 3.05) is 46.2 Å². The van der Waals surface area contributed by atoms with E-state index < -0.39 is 241 Å². The van der Waals surface area contributed by atoms with E-state index in [0.29, 0.717) is 0 Å². The topological polar surface area (TPSA) is 475 Å². The Morgan fingerprint density at radius 2 is 0.525 bits per heavy atom. The standard InChI is InChI=1S/C61H77N3O35/c1-27(65)81-20-46-52(85-31(5)69)58(91-37(11)75)55(88-34(8)72)49(94-46)43-14-40(97-62-43)17-78-23-61(26-84-30(4)68,24-79-18-41-15-44(63-98-41)50-56(89-35(9)73)59(92-38(12)76)53(86-32(6)70)47(95-50)21-82-28(2)66)25-80-19-42-16-45(64-99-42)51-57(90-36(10)74)60(93-39(13)77)54(87-33(7)71)48(96-51)22-83-29(3)67/h14-16,46-60H,17-26H2,1-13H3/t46-,47-,48-,49+,50+,51+,52-,53-,54-,55-,56-,57-,58+,59+,60+/m1/s1. The first-order valence-corrected chi connectivity index (χ1v) is 30.4. The van der Waals surface area contributed by atoms with E-state index in [0.717, 1.165) is 90.0 Å². The van der Waals surface area contributed by atoms with Crippen LogP contribution in [0.2, 0.25) is 0 Å². The molecule has 0 aliphatic carbocycles. The van der Waals surface area contributed by atoms with Crippen molar-refractivity contribution in [2.45, 2.75) is 201 Å². The van der Waals surface area contributed by atoms with Gasteiger partial charge >= 0.3 is 77.6 Å². The second kappa shape index (κ2) is 36.4. The minimum atomic E-state index is -1.57. The molecule has 3 saturated heterocycles. The van der Waals surface area contributed by atoms with Gasteiger partial charge in [-0.05, 0) is 0 Å². The van der Waals surface area contributed by atoms with E-state index in [1.54, 1.807) is 0 Å². The van der Waals surface area contributed by atoms with Crippen molar-refractivity contribution in [2.24, 2.45) is 5.41 Å². The molecule has 0 unspecified atom stereocenters.